The Labute approximate surface area is 106 Å². The molecule has 1 aromatic carbocycles. The lowest BCUT2D eigenvalue weighted by Crippen LogP contribution is -2.06. The summed E-state index contributed by atoms with van der Waals surface area (Å²) >= 11 is 0. The van der Waals surface area contributed by atoms with Gasteiger partial charge in [-0.3, -0.25) is 10.1 Å². The van der Waals surface area contributed by atoms with Crippen LogP contribution in [0.4, 0.5) is 11.4 Å². The minimum Gasteiger partial charge on any atom is -0.487 e. The topological polar surface area (TPSA) is 64.4 Å². The van der Waals surface area contributed by atoms with Crippen LogP contribution in [0, 0.1) is 22.5 Å². The number of para-hydroxylation sites is 1. The number of terminal acetylenes is 1. The van der Waals surface area contributed by atoms with E-state index in [0.717, 1.165) is 6.42 Å². The van der Waals surface area contributed by atoms with Crippen molar-refractivity contribution in [2.45, 2.75) is 19.8 Å². The van der Waals surface area contributed by atoms with Crippen molar-refractivity contribution in [3.8, 4) is 18.1 Å². The van der Waals surface area contributed by atoms with E-state index in [-0.39, 0.29) is 11.4 Å². The Morgan fingerprint density at radius 2 is 2.33 bits per heavy atom. The third-order valence-electron chi connectivity index (χ3n) is 2.29. The van der Waals surface area contributed by atoms with Gasteiger partial charge in [0.05, 0.1) is 11.5 Å². The Balaban J connectivity index is 2.86. The molecule has 1 N–H and O–H groups in total. The first kappa shape index (κ1) is 13.8. The average molecular weight is 248 g/mol. The highest BCUT2D eigenvalue weighted by Gasteiger charge is 2.20. The molecule has 5 nitrogen and oxygen atoms in total. The molecule has 0 saturated carbocycles. The second kappa shape index (κ2) is 7.17. The number of nitro benzene ring substituents is 1. The maximum atomic E-state index is 11.1. The molecular weight excluding hydrogens is 232 g/mol. The molecule has 0 aromatic heterocycles. The van der Waals surface area contributed by atoms with Gasteiger partial charge in [-0.05, 0) is 25.5 Å². The average Bonchev–Trinajstić information content (AvgIpc) is 2.35. The highest BCUT2D eigenvalue weighted by Crippen LogP contribution is 2.34. The fourth-order valence-corrected chi connectivity index (χ4v) is 1.54. The van der Waals surface area contributed by atoms with E-state index in [4.69, 9.17) is 11.2 Å². The molecule has 0 aliphatic carbocycles. The SMILES string of the molecule is C#CCCCNc1cccc(OCC)c1[N+](=O)[O-]. The fourth-order valence-electron chi connectivity index (χ4n) is 1.54. The number of nitrogens with zero attached hydrogens (tertiary/aromatic N) is 1. The Morgan fingerprint density at radius 3 is 2.94 bits per heavy atom. The first-order chi connectivity index (χ1) is 8.70. The van der Waals surface area contributed by atoms with E-state index in [0.29, 0.717) is 25.3 Å². The van der Waals surface area contributed by atoms with Gasteiger partial charge in [0.2, 0.25) is 0 Å². The van der Waals surface area contributed by atoms with Crippen LogP contribution in [0.25, 0.3) is 0 Å². The van der Waals surface area contributed by atoms with Gasteiger partial charge >= 0.3 is 5.69 Å². The summed E-state index contributed by atoms with van der Waals surface area (Å²) in [5, 5.41) is 14.1. The highest BCUT2D eigenvalue weighted by atomic mass is 16.6. The predicted molar refractivity (Wildman–Crippen MR) is 70.8 cm³/mol. The summed E-state index contributed by atoms with van der Waals surface area (Å²) < 4.78 is 5.25. The molecular formula is C13H16N2O3. The molecule has 0 spiro atoms. The van der Waals surface area contributed by atoms with E-state index in [1.54, 1.807) is 25.1 Å². The van der Waals surface area contributed by atoms with Crippen molar-refractivity contribution in [2.24, 2.45) is 0 Å². The summed E-state index contributed by atoms with van der Waals surface area (Å²) in [6.45, 7) is 2.78. The molecule has 0 fully saturated rings. The summed E-state index contributed by atoms with van der Waals surface area (Å²) in [6.07, 6.45) is 6.56. The van der Waals surface area contributed by atoms with Crippen LogP contribution in [-0.2, 0) is 0 Å². The van der Waals surface area contributed by atoms with Crippen LogP contribution in [0.1, 0.15) is 19.8 Å². The summed E-state index contributed by atoms with van der Waals surface area (Å²) in [5.41, 5.74) is 0.433. The highest BCUT2D eigenvalue weighted by molar-refractivity contribution is 5.68. The fraction of sp³-hybridized carbons (Fsp3) is 0.385. The van der Waals surface area contributed by atoms with Crippen molar-refractivity contribution >= 4 is 11.4 Å². The third-order valence-corrected chi connectivity index (χ3v) is 2.29. The van der Waals surface area contributed by atoms with Gasteiger partial charge in [-0.2, -0.15) is 0 Å². The lowest BCUT2D eigenvalue weighted by atomic mass is 10.2. The van der Waals surface area contributed by atoms with Gasteiger partial charge in [0.15, 0.2) is 5.75 Å². The number of unbranched alkanes of at least 4 members (excludes halogenated alkanes) is 1. The van der Waals surface area contributed by atoms with Gasteiger partial charge in [-0.15, -0.1) is 12.3 Å². The maximum Gasteiger partial charge on any atom is 0.333 e. The molecule has 1 rings (SSSR count). The molecule has 0 atom stereocenters. The Morgan fingerprint density at radius 1 is 1.56 bits per heavy atom. The second-order valence-electron chi connectivity index (χ2n) is 3.58. The normalized spacial score (nSPS) is 9.56. The van der Waals surface area contributed by atoms with E-state index in [1.165, 1.54) is 0 Å². The van der Waals surface area contributed by atoms with Crippen LogP contribution in [0.15, 0.2) is 18.2 Å². The third kappa shape index (κ3) is 3.67. The number of nitrogens with one attached hydrogen (secondary N) is 1. The minimum absolute atomic E-state index is 0.0277. The molecule has 96 valence electrons. The van der Waals surface area contributed by atoms with Gasteiger partial charge in [-0.1, -0.05) is 6.07 Å². The minimum atomic E-state index is -0.436. The first-order valence-electron chi connectivity index (χ1n) is 5.78. The molecule has 18 heavy (non-hydrogen) atoms. The second-order valence-corrected chi connectivity index (χ2v) is 3.58. The van der Waals surface area contributed by atoms with Crippen LogP contribution in [0.5, 0.6) is 5.75 Å². The van der Waals surface area contributed by atoms with Crippen molar-refractivity contribution in [1.29, 1.82) is 0 Å². The smallest absolute Gasteiger partial charge is 0.333 e. The van der Waals surface area contributed by atoms with Gasteiger partial charge in [0.1, 0.15) is 5.69 Å². The lowest BCUT2D eigenvalue weighted by Gasteiger charge is -2.09. The molecule has 5 heteroatoms. The van der Waals surface area contributed by atoms with Gasteiger partial charge in [0.25, 0.3) is 0 Å². The number of nitro groups is 1. The zero-order chi connectivity index (χ0) is 13.4. The van der Waals surface area contributed by atoms with Crippen LogP contribution < -0.4 is 10.1 Å². The van der Waals surface area contributed by atoms with Crippen LogP contribution in [-0.4, -0.2) is 18.1 Å². The summed E-state index contributed by atoms with van der Waals surface area (Å²) in [7, 11) is 0. The van der Waals surface area contributed by atoms with Gasteiger partial charge < -0.3 is 10.1 Å². The molecule has 0 saturated heterocycles. The molecule has 0 aliphatic heterocycles. The number of hydrogen-bond acceptors (Lipinski definition) is 4. The molecule has 0 amide bonds. The Kier molecular flexibility index (Phi) is 5.52. The molecule has 1 aromatic rings. The van der Waals surface area contributed by atoms with Crippen molar-refractivity contribution in [3.63, 3.8) is 0 Å². The van der Waals surface area contributed by atoms with Crippen LogP contribution in [0.3, 0.4) is 0 Å². The van der Waals surface area contributed by atoms with E-state index >= 15 is 0 Å². The molecule has 0 bridgehead atoms. The molecule has 0 aliphatic rings. The quantitative estimate of drug-likeness (QED) is 0.349. The maximum absolute atomic E-state index is 11.1. The van der Waals surface area contributed by atoms with Gasteiger partial charge in [-0.25, -0.2) is 0 Å². The van der Waals surface area contributed by atoms with E-state index in [9.17, 15) is 10.1 Å². The summed E-state index contributed by atoms with van der Waals surface area (Å²) in [6, 6.07) is 4.98. The Bertz CT molecular complexity index is 452. The van der Waals surface area contributed by atoms with Crippen LogP contribution >= 0.6 is 0 Å². The van der Waals surface area contributed by atoms with Crippen molar-refractivity contribution in [2.75, 3.05) is 18.5 Å². The Hall–Kier alpha value is -2.22. The number of benzene rings is 1. The van der Waals surface area contributed by atoms with Crippen molar-refractivity contribution in [3.05, 3.63) is 28.3 Å². The monoisotopic (exact) mass is 248 g/mol. The lowest BCUT2D eigenvalue weighted by molar-refractivity contribution is -0.384. The zero-order valence-electron chi connectivity index (χ0n) is 10.3. The van der Waals surface area contributed by atoms with E-state index < -0.39 is 4.92 Å². The largest absolute Gasteiger partial charge is 0.487 e. The van der Waals surface area contributed by atoms with Crippen molar-refractivity contribution in [1.82, 2.24) is 0 Å². The van der Waals surface area contributed by atoms with Gasteiger partial charge in [0, 0.05) is 13.0 Å². The standard InChI is InChI=1S/C13H16N2O3/c1-3-5-6-10-14-11-8-7-9-12(18-4-2)13(11)15(16)17/h1,7-9,14H,4-6,10H2,2H3. The number of ether oxygens (including phenoxy) is 1. The molecule has 0 radical (unpaired) electrons. The summed E-state index contributed by atoms with van der Waals surface area (Å²) in [5.74, 6) is 2.81. The predicted octanol–water partition coefficient (Wildman–Crippen LogP) is 2.82. The number of hydrogen-bond donors (Lipinski definition) is 1. The number of anilines is 1. The summed E-state index contributed by atoms with van der Waals surface area (Å²) in [4.78, 5) is 10.6. The van der Waals surface area contributed by atoms with E-state index in [1.807, 2.05) is 0 Å². The van der Waals surface area contributed by atoms with E-state index in [2.05, 4.69) is 11.2 Å². The molecule has 0 unspecified atom stereocenters. The van der Waals surface area contributed by atoms with Crippen molar-refractivity contribution < 1.29 is 9.66 Å². The first-order valence-corrected chi connectivity index (χ1v) is 5.78. The number of rotatable bonds is 7. The molecule has 0 heterocycles. The van der Waals surface area contributed by atoms with Crippen LogP contribution in [0.2, 0.25) is 0 Å². The zero-order valence-corrected chi connectivity index (χ0v) is 10.3.